The number of halogens is 1. The first-order valence-corrected chi connectivity index (χ1v) is 6.11. The molecule has 0 aliphatic heterocycles. The number of rotatable bonds is 2. The van der Waals surface area contributed by atoms with E-state index in [2.05, 4.69) is 28.1 Å². The summed E-state index contributed by atoms with van der Waals surface area (Å²) >= 11 is 3.43. The fourth-order valence-electron chi connectivity index (χ4n) is 1.63. The summed E-state index contributed by atoms with van der Waals surface area (Å²) in [4.78, 5) is 0. The first-order chi connectivity index (χ1) is 7.85. The Morgan fingerprint density at radius 3 is 2.44 bits per heavy atom. The molecule has 0 aromatic heterocycles. The van der Waals surface area contributed by atoms with Crippen molar-refractivity contribution in [2.75, 3.05) is 0 Å². The summed E-state index contributed by atoms with van der Waals surface area (Å²) < 4.78 is 0. The molecule has 0 N–H and O–H groups in total. The van der Waals surface area contributed by atoms with Crippen LogP contribution in [0.3, 0.4) is 0 Å². The Morgan fingerprint density at radius 2 is 1.81 bits per heavy atom. The van der Waals surface area contributed by atoms with Crippen molar-refractivity contribution in [1.29, 1.82) is 5.26 Å². The maximum absolute atomic E-state index is 9.08. The van der Waals surface area contributed by atoms with Crippen molar-refractivity contribution >= 4 is 15.9 Å². The molecular weight excluding hydrogens is 262 g/mol. The van der Waals surface area contributed by atoms with Crippen LogP contribution in [0.25, 0.3) is 11.1 Å². The molecule has 0 unspecified atom stereocenters. The van der Waals surface area contributed by atoms with Gasteiger partial charge < -0.3 is 0 Å². The molecule has 0 atom stereocenters. The molecular formula is C14H10BrN. The van der Waals surface area contributed by atoms with E-state index < -0.39 is 0 Å². The standard InChI is InChI=1S/C14H10BrN/c15-9-11-6-7-13(10-16)14(8-11)12-4-2-1-3-5-12/h1-8H,9H2. The molecule has 0 spiro atoms. The lowest BCUT2D eigenvalue weighted by Gasteiger charge is -2.06. The molecule has 0 heterocycles. The molecule has 0 saturated carbocycles. The minimum absolute atomic E-state index is 0.718. The number of nitrogens with zero attached hydrogens (tertiary/aromatic N) is 1. The summed E-state index contributed by atoms with van der Waals surface area (Å²) in [5.74, 6) is 0. The molecule has 0 radical (unpaired) electrons. The molecule has 0 aliphatic carbocycles. The van der Waals surface area contributed by atoms with Gasteiger partial charge in [0.2, 0.25) is 0 Å². The zero-order valence-corrected chi connectivity index (χ0v) is 10.2. The van der Waals surface area contributed by atoms with E-state index in [0.29, 0.717) is 0 Å². The molecule has 0 aliphatic rings. The Kier molecular flexibility index (Phi) is 3.38. The van der Waals surface area contributed by atoms with Gasteiger partial charge in [-0.05, 0) is 28.8 Å². The van der Waals surface area contributed by atoms with E-state index >= 15 is 0 Å². The van der Waals surface area contributed by atoms with Crippen molar-refractivity contribution in [2.45, 2.75) is 5.33 Å². The molecule has 0 saturated heterocycles. The summed E-state index contributed by atoms with van der Waals surface area (Å²) in [5.41, 5.74) is 3.98. The smallest absolute Gasteiger partial charge is 0.0998 e. The topological polar surface area (TPSA) is 23.8 Å². The zero-order valence-electron chi connectivity index (χ0n) is 8.65. The van der Waals surface area contributed by atoms with E-state index in [9.17, 15) is 0 Å². The Labute approximate surface area is 103 Å². The van der Waals surface area contributed by atoms with E-state index in [-0.39, 0.29) is 0 Å². The minimum Gasteiger partial charge on any atom is -0.192 e. The van der Waals surface area contributed by atoms with Crippen molar-refractivity contribution in [1.82, 2.24) is 0 Å². The van der Waals surface area contributed by atoms with Crippen LogP contribution in [0.1, 0.15) is 11.1 Å². The predicted octanol–water partition coefficient (Wildman–Crippen LogP) is 4.12. The zero-order chi connectivity index (χ0) is 11.4. The van der Waals surface area contributed by atoms with Crippen LogP contribution in [-0.4, -0.2) is 0 Å². The number of alkyl halides is 1. The number of benzene rings is 2. The van der Waals surface area contributed by atoms with Crippen LogP contribution >= 0.6 is 15.9 Å². The van der Waals surface area contributed by atoms with E-state index in [1.54, 1.807) is 0 Å². The SMILES string of the molecule is N#Cc1ccc(CBr)cc1-c1ccccc1. The molecule has 2 heteroatoms. The van der Waals surface area contributed by atoms with Gasteiger partial charge in [-0.2, -0.15) is 5.26 Å². The quantitative estimate of drug-likeness (QED) is 0.754. The highest BCUT2D eigenvalue weighted by Crippen LogP contribution is 2.25. The number of hydrogen-bond donors (Lipinski definition) is 0. The normalized spacial score (nSPS) is 9.75. The molecule has 0 fully saturated rings. The van der Waals surface area contributed by atoms with Crippen LogP contribution < -0.4 is 0 Å². The van der Waals surface area contributed by atoms with Crippen LogP contribution in [0.4, 0.5) is 0 Å². The third-order valence-electron chi connectivity index (χ3n) is 2.44. The van der Waals surface area contributed by atoms with Crippen LogP contribution in [0.2, 0.25) is 0 Å². The molecule has 2 rings (SSSR count). The lowest BCUT2D eigenvalue weighted by atomic mass is 9.98. The van der Waals surface area contributed by atoms with E-state index in [4.69, 9.17) is 5.26 Å². The largest absolute Gasteiger partial charge is 0.192 e. The summed E-state index contributed by atoms with van der Waals surface area (Å²) in [6.07, 6.45) is 0. The van der Waals surface area contributed by atoms with Crippen LogP contribution in [0.15, 0.2) is 48.5 Å². The highest BCUT2D eigenvalue weighted by Gasteiger charge is 2.05. The van der Waals surface area contributed by atoms with Gasteiger partial charge in [-0.15, -0.1) is 0 Å². The summed E-state index contributed by atoms with van der Waals surface area (Å²) in [6, 6.07) is 18.1. The second kappa shape index (κ2) is 4.96. The Bertz CT molecular complexity index is 526. The molecule has 2 aromatic carbocycles. The van der Waals surface area contributed by atoms with Crippen molar-refractivity contribution < 1.29 is 0 Å². The molecule has 0 amide bonds. The van der Waals surface area contributed by atoms with Crippen molar-refractivity contribution in [3.05, 3.63) is 59.7 Å². The number of nitriles is 1. The maximum Gasteiger partial charge on any atom is 0.0998 e. The maximum atomic E-state index is 9.08. The van der Waals surface area contributed by atoms with Gasteiger partial charge in [-0.3, -0.25) is 0 Å². The Balaban J connectivity index is 2.59. The monoisotopic (exact) mass is 271 g/mol. The summed E-state index contributed by atoms with van der Waals surface area (Å²) in [7, 11) is 0. The first kappa shape index (κ1) is 10.9. The van der Waals surface area contributed by atoms with Gasteiger partial charge in [0.25, 0.3) is 0 Å². The van der Waals surface area contributed by atoms with Crippen molar-refractivity contribution in [2.24, 2.45) is 0 Å². The third-order valence-corrected chi connectivity index (χ3v) is 3.09. The van der Waals surface area contributed by atoms with Crippen molar-refractivity contribution in [3.8, 4) is 17.2 Å². The Hall–Kier alpha value is -1.59. The average Bonchev–Trinajstić information content (AvgIpc) is 2.39. The van der Waals surface area contributed by atoms with Gasteiger partial charge in [0.15, 0.2) is 0 Å². The van der Waals surface area contributed by atoms with E-state index in [0.717, 1.165) is 22.0 Å². The lowest BCUT2D eigenvalue weighted by Crippen LogP contribution is -1.87. The van der Waals surface area contributed by atoms with E-state index in [1.165, 1.54) is 5.56 Å². The minimum atomic E-state index is 0.718. The average molecular weight is 272 g/mol. The second-order valence-corrected chi connectivity index (χ2v) is 4.05. The van der Waals surface area contributed by atoms with E-state index in [1.807, 2.05) is 42.5 Å². The van der Waals surface area contributed by atoms with Gasteiger partial charge in [-0.25, -0.2) is 0 Å². The highest BCUT2D eigenvalue weighted by molar-refractivity contribution is 9.08. The van der Waals surface area contributed by atoms with Crippen LogP contribution in [-0.2, 0) is 5.33 Å². The third kappa shape index (κ3) is 2.15. The fraction of sp³-hybridized carbons (Fsp3) is 0.0714. The predicted molar refractivity (Wildman–Crippen MR) is 69.2 cm³/mol. The molecule has 0 bridgehead atoms. The fourth-order valence-corrected chi connectivity index (χ4v) is 1.98. The van der Waals surface area contributed by atoms with Crippen molar-refractivity contribution in [3.63, 3.8) is 0 Å². The van der Waals surface area contributed by atoms with Gasteiger partial charge in [0.05, 0.1) is 11.6 Å². The molecule has 78 valence electrons. The molecule has 16 heavy (non-hydrogen) atoms. The van der Waals surface area contributed by atoms with Gasteiger partial charge in [0.1, 0.15) is 0 Å². The van der Waals surface area contributed by atoms with Gasteiger partial charge in [0, 0.05) is 5.33 Å². The second-order valence-electron chi connectivity index (χ2n) is 3.49. The van der Waals surface area contributed by atoms with Gasteiger partial charge >= 0.3 is 0 Å². The molecule has 1 nitrogen and oxygen atoms in total. The lowest BCUT2D eigenvalue weighted by molar-refractivity contribution is 1.40. The van der Waals surface area contributed by atoms with Crippen LogP contribution in [0, 0.1) is 11.3 Å². The highest BCUT2D eigenvalue weighted by atomic mass is 79.9. The summed E-state index contributed by atoms with van der Waals surface area (Å²) in [5, 5.41) is 9.89. The van der Waals surface area contributed by atoms with Gasteiger partial charge in [-0.1, -0.05) is 52.3 Å². The van der Waals surface area contributed by atoms with Crippen LogP contribution in [0.5, 0.6) is 0 Å². The number of hydrogen-bond acceptors (Lipinski definition) is 1. The molecule has 2 aromatic rings. The Morgan fingerprint density at radius 1 is 1.06 bits per heavy atom. The summed E-state index contributed by atoms with van der Waals surface area (Å²) in [6.45, 7) is 0. The first-order valence-electron chi connectivity index (χ1n) is 4.99.